The largest absolute Gasteiger partial charge is 0.478 e. The highest BCUT2D eigenvalue weighted by Gasteiger charge is 2.47. The van der Waals surface area contributed by atoms with Gasteiger partial charge in [0.25, 0.3) is 0 Å². The molecule has 0 aromatic heterocycles. The van der Waals surface area contributed by atoms with Crippen molar-refractivity contribution in [1.29, 1.82) is 0 Å². The Balaban J connectivity index is 1.37. The molecule has 0 aliphatic carbocycles. The molecule has 0 radical (unpaired) electrons. The molecule has 5 nitrogen and oxygen atoms in total. The molecule has 2 heterocycles. The third-order valence-electron chi connectivity index (χ3n) is 5.59. The molecule has 0 spiro atoms. The molecule has 2 saturated heterocycles. The molecule has 2 aromatic carbocycles. The Labute approximate surface area is 158 Å². The molecule has 1 N–H and O–H groups in total. The van der Waals surface area contributed by atoms with Crippen LogP contribution in [0.4, 0.5) is 0 Å². The minimum absolute atomic E-state index is 0.234. The molecule has 0 saturated carbocycles. The number of ether oxygens (including phenoxy) is 1. The Morgan fingerprint density at radius 2 is 1.85 bits per heavy atom. The fourth-order valence-electron chi connectivity index (χ4n) is 4.19. The summed E-state index contributed by atoms with van der Waals surface area (Å²) >= 11 is 0. The number of carboxylic acids is 1. The van der Waals surface area contributed by atoms with Crippen LogP contribution in [0.15, 0.2) is 59.8 Å². The SMILES string of the molecule is O=C(O)c1ccc(CCC2C3CCC(O3)C2C=NOc2ccccc2)cc1. The van der Waals surface area contributed by atoms with Gasteiger partial charge in [0.15, 0.2) is 5.75 Å². The maximum Gasteiger partial charge on any atom is 0.335 e. The van der Waals surface area contributed by atoms with E-state index in [0.717, 1.165) is 37.0 Å². The fraction of sp³-hybridized carbons (Fsp3) is 0.364. The predicted molar refractivity (Wildman–Crippen MR) is 102 cm³/mol. The van der Waals surface area contributed by atoms with Gasteiger partial charge in [-0.05, 0) is 61.4 Å². The van der Waals surface area contributed by atoms with Crippen molar-refractivity contribution in [3.05, 3.63) is 65.7 Å². The van der Waals surface area contributed by atoms with Crippen molar-refractivity contribution in [3.63, 3.8) is 0 Å². The Morgan fingerprint density at radius 1 is 1.11 bits per heavy atom. The summed E-state index contributed by atoms with van der Waals surface area (Å²) in [6.45, 7) is 0. The van der Waals surface area contributed by atoms with Crippen LogP contribution in [-0.2, 0) is 11.2 Å². The van der Waals surface area contributed by atoms with E-state index in [0.29, 0.717) is 17.6 Å². The topological polar surface area (TPSA) is 68.1 Å². The van der Waals surface area contributed by atoms with Crippen LogP contribution in [-0.4, -0.2) is 29.5 Å². The monoisotopic (exact) mass is 365 g/mol. The van der Waals surface area contributed by atoms with Gasteiger partial charge in [0.05, 0.1) is 24.0 Å². The fourth-order valence-corrected chi connectivity index (χ4v) is 4.19. The standard InChI is InChI=1S/C22H23NO4/c24-22(25)16-9-6-15(7-10-16)8-11-18-19(21-13-12-20(18)26-21)14-23-27-17-4-2-1-3-5-17/h1-7,9-10,14,18-21H,8,11-13H2,(H,24,25). The lowest BCUT2D eigenvalue weighted by atomic mass is 9.77. The van der Waals surface area contributed by atoms with Gasteiger partial charge in [-0.15, -0.1) is 0 Å². The van der Waals surface area contributed by atoms with E-state index in [1.165, 1.54) is 0 Å². The van der Waals surface area contributed by atoms with E-state index in [2.05, 4.69) is 5.16 Å². The summed E-state index contributed by atoms with van der Waals surface area (Å²) in [5.41, 5.74) is 1.48. The van der Waals surface area contributed by atoms with Crippen LogP contribution in [0.25, 0.3) is 0 Å². The van der Waals surface area contributed by atoms with Crippen molar-refractivity contribution in [2.75, 3.05) is 0 Å². The molecule has 2 aliphatic heterocycles. The van der Waals surface area contributed by atoms with Crippen LogP contribution >= 0.6 is 0 Å². The zero-order valence-electron chi connectivity index (χ0n) is 15.0. The second-order valence-electron chi connectivity index (χ2n) is 7.23. The number of fused-ring (bicyclic) bond motifs is 2. The molecular formula is C22H23NO4. The molecule has 2 fully saturated rings. The van der Waals surface area contributed by atoms with E-state index in [1.54, 1.807) is 12.1 Å². The van der Waals surface area contributed by atoms with E-state index < -0.39 is 5.97 Å². The van der Waals surface area contributed by atoms with Gasteiger partial charge in [-0.3, -0.25) is 0 Å². The minimum atomic E-state index is -0.891. The number of nitrogens with zero attached hydrogens (tertiary/aromatic N) is 1. The molecule has 140 valence electrons. The van der Waals surface area contributed by atoms with Gasteiger partial charge in [0.1, 0.15) is 0 Å². The number of benzene rings is 2. The maximum atomic E-state index is 11.0. The average Bonchev–Trinajstić information content (AvgIpc) is 3.29. The van der Waals surface area contributed by atoms with Gasteiger partial charge in [-0.1, -0.05) is 35.5 Å². The first kappa shape index (κ1) is 17.7. The van der Waals surface area contributed by atoms with Gasteiger partial charge in [0.2, 0.25) is 0 Å². The van der Waals surface area contributed by atoms with Crippen LogP contribution in [0.2, 0.25) is 0 Å². The predicted octanol–water partition coefficient (Wildman–Crippen LogP) is 4.18. The first-order valence-corrected chi connectivity index (χ1v) is 9.44. The molecule has 27 heavy (non-hydrogen) atoms. The summed E-state index contributed by atoms with van der Waals surface area (Å²) in [5, 5.41) is 13.2. The molecule has 2 aromatic rings. The molecule has 4 rings (SSSR count). The quantitative estimate of drug-likeness (QED) is 0.590. The van der Waals surface area contributed by atoms with Gasteiger partial charge in [-0.2, -0.15) is 0 Å². The molecule has 5 heteroatoms. The van der Waals surface area contributed by atoms with E-state index in [1.807, 2.05) is 48.7 Å². The van der Waals surface area contributed by atoms with Crippen molar-refractivity contribution in [3.8, 4) is 5.75 Å². The minimum Gasteiger partial charge on any atom is -0.478 e. The smallest absolute Gasteiger partial charge is 0.335 e. The normalized spacial score (nSPS) is 26.5. The molecule has 2 bridgehead atoms. The van der Waals surface area contributed by atoms with Gasteiger partial charge in [-0.25, -0.2) is 4.79 Å². The maximum absolute atomic E-state index is 11.0. The number of hydrogen-bond donors (Lipinski definition) is 1. The number of aryl methyl sites for hydroxylation is 1. The number of oxime groups is 1. The number of rotatable bonds is 7. The molecule has 0 amide bonds. The number of hydrogen-bond acceptors (Lipinski definition) is 4. The Bertz CT molecular complexity index is 803. The van der Waals surface area contributed by atoms with E-state index in [-0.39, 0.29) is 12.0 Å². The lowest BCUT2D eigenvalue weighted by molar-refractivity contribution is 0.0697. The molecule has 4 unspecified atom stereocenters. The van der Waals surface area contributed by atoms with Crippen LogP contribution in [0, 0.1) is 11.8 Å². The van der Waals surface area contributed by atoms with Crippen molar-refractivity contribution >= 4 is 12.2 Å². The highest BCUT2D eigenvalue weighted by atomic mass is 16.6. The van der Waals surface area contributed by atoms with E-state index >= 15 is 0 Å². The van der Waals surface area contributed by atoms with Crippen molar-refractivity contribution in [2.45, 2.75) is 37.9 Å². The third kappa shape index (κ3) is 4.03. The number of carbonyl (C=O) groups is 1. The Kier molecular flexibility index (Phi) is 5.21. The van der Waals surface area contributed by atoms with Gasteiger partial charge >= 0.3 is 5.97 Å². The van der Waals surface area contributed by atoms with E-state index in [9.17, 15) is 4.79 Å². The zero-order valence-corrected chi connectivity index (χ0v) is 15.0. The summed E-state index contributed by atoms with van der Waals surface area (Å²) in [5.74, 6) is 0.530. The lowest BCUT2D eigenvalue weighted by Gasteiger charge is -2.24. The highest BCUT2D eigenvalue weighted by Crippen LogP contribution is 2.44. The van der Waals surface area contributed by atoms with Crippen LogP contribution < -0.4 is 4.84 Å². The van der Waals surface area contributed by atoms with Crippen LogP contribution in [0.1, 0.15) is 35.2 Å². The van der Waals surface area contributed by atoms with Crippen LogP contribution in [0.5, 0.6) is 5.75 Å². The summed E-state index contributed by atoms with van der Waals surface area (Å²) in [6.07, 6.45) is 6.53. The first-order valence-electron chi connectivity index (χ1n) is 9.44. The number of carboxylic acid groups (broad SMARTS) is 1. The average molecular weight is 365 g/mol. The van der Waals surface area contributed by atoms with E-state index in [4.69, 9.17) is 14.7 Å². The van der Waals surface area contributed by atoms with Crippen LogP contribution in [0.3, 0.4) is 0 Å². The molecule has 2 aliphatic rings. The van der Waals surface area contributed by atoms with Gasteiger partial charge in [0, 0.05) is 5.92 Å². The number of aromatic carboxylic acids is 1. The third-order valence-corrected chi connectivity index (χ3v) is 5.59. The highest BCUT2D eigenvalue weighted by molar-refractivity contribution is 5.87. The molecule has 4 atom stereocenters. The summed E-state index contributed by atoms with van der Waals surface area (Å²) in [4.78, 5) is 16.4. The second-order valence-corrected chi connectivity index (χ2v) is 7.23. The summed E-state index contributed by atoms with van der Waals surface area (Å²) in [7, 11) is 0. The first-order chi connectivity index (χ1) is 13.2. The zero-order chi connectivity index (χ0) is 18.6. The lowest BCUT2D eigenvalue weighted by Crippen LogP contribution is -2.29. The summed E-state index contributed by atoms with van der Waals surface area (Å²) in [6, 6.07) is 16.7. The van der Waals surface area contributed by atoms with Crippen molar-refractivity contribution < 1.29 is 19.5 Å². The van der Waals surface area contributed by atoms with Crippen molar-refractivity contribution in [1.82, 2.24) is 0 Å². The second kappa shape index (κ2) is 7.92. The van der Waals surface area contributed by atoms with Crippen molar-refractivity contribution in [2.24, 2.45) is 17.0 Å². The Hall–Kier alpha value is -2.66. The summed E-state index contributed by atoms with van der Waals surface area (Å²) < 4.78 is 6.11. The van der Waals surface area contributed by atoms with Gasteiger partial charge < -0.3 is 14.7 Å². The Morgan fingerprint density at radius 3 is 2.59 bits per heavy atom. The number of para-hydroxylation sites is 1. The molecular weight excluding hydrogens is 342 g/mol.